The Morgan fingerprint density at radius 3 is 1.97 bits per heavy atom. The third kappa shape index (κ3) is 3.90. The first kappa shape index (κ1) is 23.4. The number of hydrogen-bond donors (Lipinski definition) is 0. The van der Waals surface area contributed by atoms with Gasteiger partial charge in [-0.15, -0.1) is 0 Å². The van der Waals surface area contributed by atoms with Crippen LogP contribution in [0.25, 0.3) is 0 Å². The van der Waals surface area contributed by atoms with Crippen molar-refractivity contribution in [3.63, 3.8) is 0 Å². The number of benzene rings is 2. The van der Waals surface area contributed by atoms with Crippen LogP contribution in [-0.2, 0) is 28.2 Å². The zero-order valence-corrected chi connectivity index (χ0v) is 21.1. The molecule has 0 aliphatic carbocycles. The number of fused-ring (bicyclic) bond motifs is 5. The average Bonchev–Trinajstić information content (AvgIpc) is 3.53. The Morgan fingerprint density at radius 1 is 0.829 bits per heavy atom. The fourth-order valence-corrected chi connectivity index (χ4v) is 7.42. The van der Waals surface area contributed by atoms with Crippen LogP contribution in [0.15, 0.2) is 60.7 Å². The quantitative estimate of drug-likeness (QED) is 0.535. The highest BCUT2D eigenvalue weighted by atomic mass is 31.2. The van der Waals surface area contributed by atoms with Crippen molar-refractivity contribution in [2.45, 2.75) is 69.4 Å². The van der Waals surface area contributed by atoms with Crippen LogP contribution in [0.1, 0.15) is 27.7 Å². The third-order valence-corrected chi connectivity index (χ3v) is 8.64. The molecule has 0 unspecified atom stereocenters. The summed E-state index contributed by atoms with van der Waals surface area (Å²) in [6.07, 6.45) is -1.98. The summed E-state index contributed by atoms with van der Waals surface area (Å²) in [6.45, 7) is 7.86. The molecule has 4 heterocycles. The minimum atomic E-state index is -4.07. The molecule has 0 amide bonds. The van der Waals surface area contributed by atoms with E-state index in [0.29, 0.717) is 11.5 Å². The summed E-state index contributed by atoms with van der Waals surface area (Å²) in [4.78, 5) is 0. The van der Waals surface area contributed by atoms with E-state index < -0.39 is 43.4 Å². The van der Waals surface area contributed by atoms with Gasteiger partial charge in [-0.1, -0.05) is 36.4 Å². The normalized spacial score (nSPS) is 35.2. The molecule has 2 aromatic rings. The Hall–Kier alpha value is -1.97. The molecule has 6 rings (SSSR count). The van der Waals surface area contributed by atoms with E-state index in [9.17, 15) is 4.57 Å². The van der Waals surface area contributed by atoms with Gasteiger partial charge in [0.1, 0.15) is 35.9 Å². The second-order valence-electron chi connectivity index (χ2n) is 10.1. The molecular weight excluding hydrogens is 473 g/mol. The lowest BCUT2D eigenvalue weighted by atomic mass is 9.93. The van der Waals surface area contributed by atoms with Gasteiger partial charge in [0.2, 0.25) is 0 Å². The SMILES string of the molecule is CC1(C)O[C@H]2[C@@H](O1)[C@@]1([C@H]3COC(C)(C)O3)O[C@@H]2CN1P(=O)(Oc1ccccc1)Oc1ccccc1. The minimum absolute atomic E-state index is 0.222. The van der Waals surface area contributed by atoms with Crippen LogP contribution in [0.3, 0.4) is 0 Å². The van der Waals surface area contributed by atoms with Crippen LogP contribution in [-0.4, -0.2) is 59.5 Å². The first-order valence-corrected chi connectivity index (χ1v) is 13.3. The van der Waals surface area contributed by atoms with E-state index >= 15 is 0 Å². The van der Waals surface area contributed by atoms with Crippen LogP contribution in [0.2, 0.25) is 0 Å². The smallest absolute Gasteiger partial charge is 0.404 e. The van der Waals surface area contributed by atoms with Crippen molar-refractivity contribution in [1.29, 1.82) is 0 Å². The van der Waals surface area contributed by atoms with E-state index in [4.69, 9.17) is 32.7 Å². The lowest BCUT2D eigenvalue weighted by Crippen LogP contribution is -2.64. The summed E-state index contributed by atoms with van der Waals surface area (Å²) in [5.41, 5.74) is -1.31. The van der Waals surface area contributed by atoms with Crippen molar-refractivity contribution in [3.05, 3.63) is 60.7 Å². The maximum atomic E-state index is 14.8. The van der Waals surface area contributed by atoms with Crippen molar-refractivity contribution in [2.75, 3.05) is 13.2 Å². The van der Waals surface area contributed by atoms with Crippen molar-refractivity contribution >= 4 is 7.75 Å². The van der Waals surface area contributed by atoms with E-state index in [0.717, 1.165) is 0 Å². The van der Waals surface area contributed by atoms with Gasteiger partial charge in [0, 0.05) is 6.54 Å². The highest BCUT2D eigenvalue weighted by Crippen LogP contribution is 2.65. The molecule has 4 fully saturated rings. The number of hydrogen-bond acceptors (Lipinski definition) is 8. The van der Waals surface area contributed by atoms with E-state index in [1.165, 1.54) is 0 Å². The maximum absolute atomic E-state index is 14.8. The number of ether oxygens (including phenoxy) is 5. The zero-order chi connectivity index (χ0) is 24.5. The molecule has 5 atom stereocenters. The molecule has 4 aliphatic heterocycles. The predicted molar refractivity (Wildman–Crippen MR) is 125 cm³/mol. The number of piperidine rings is 1. The van der Waals surface area contributed by atoms with Gasteiger partial charge in [0.25, 0.3) is 0 Å². The zero-order valence-electron chi connectivity index (χ0n) is 20.2. The van der Waals surface area contributed by atoms with E-state index in [1.54, 1.807) is 28.9 Å². The molecule has 9 nitrogen and oxygen atoms in total. The third-order valence-electron chi connectivity index (χ3n) is 6.69. The number of rotatable bonds is 6. The van der Waals surface area contributed by atoms with Gasteiger partial charge in [-0.05, 0) is 52.0 Å². The molecule has 2 bridgehead atoms. The predicted octanol–water partition coefficient (Wildman–Crippen LogP) is 4.33. The van der Waals surface area contributed by atoms with Gasteiger partial charge in [0.05, 0.1) is 6.61 Å². The largest absolute Gasteiger partial charge is 0.518 e. The second-order valence-corrected chi connectivity index (χ2v) is 11.9. The highest BCUT2D eigenvalue weighted by Gasteiger charge is 2.77. The van der Waals surface area contributed by atoms with Crippen LogP contribution < -0.4 is 9.05 Å². The van der Waals surface area contributed by atoms with Gasteiger partial charge in [-0.25, -0.2) is 4.57 Å². The first-order chi connectivity index (χ1) is 16.6. The van der Waals surface area contributed by atoms with Crippen LogP contribution in [0, 0.1) is 0 Å². The second kappa shape index (κ2) is 8.02. The molecule has 35 heavy (non-hydrogen) atoms. The van der Waals surface area contributed by atoms with Crippen molar-refractivity contribution < 1.29 is 37.3 Å². The van der Waals surface area contributed by atoms with E-state index in [1.807, 2.05) is 64.1 Å². The Bertz CT molecular complexity index is 1080. The van der Waals surface area contributed by atoms with Gasteiger partial charge in [-0.3, -0.25) is 0 Å². The molecule has 0 radical (unpaired) electrons. The van der Waals surface area contributed by atoms with Crippen molar-refractivity contribution in [3.8, 4) is 11.5 Å². The first-order valence-electron chi connectivity index (χ1n) is 11.8. The Balaban J connectivity index is 1.45. The van der Waals surface area contributed by atoms with Crippen molar-refractivity contribution in [1.82, 2.24) is 4.67 Å². The van der Waals surface area contributed by atoms with E-state index in [2.05, 4.69) is 0 Å². The summed E-state index contributed by atoms with van der Waals surface area (Å²) in [5.74, 6) is -0.856. The summed E-state index contributed by atoms with van der Waals surface area (Å²) in [5, 5.41) is 0. The molecule has 4 aliphatic rings. The summed E-state index contributed by atoms with van der Waals surface area (Å²) in [6, 6.07) is 17.9. The van der Waals surface area contributed by atoms with Gasteiger partial charge in [0.15, 0.2) is 17.3 Å². The number of para-hydroxylation sites is 2. The molecule has 0 N–H and O–H groups in total. The monoisotopic (exact) mass is 503 g/mol. The molecular formula is C25H30NO8P. The maximum Gasteiger partial charge on any atom is 0.518 e. The molecule has 2 aromatic carbocycles. The Morgan fingerprint density at radius 2 is 1.43 bits per heavy atom. The van der Waals surface area contributed by atoms with Crippen LogP contribution in [0.5, 0.6) is 11.5 Å². The summed E-state index contributed by atoms with van der Waals surface area (Å²) in [7, 11) is -4.07. The summed E-state index contributed by atoms with van der Waals surface area (Å²) < 4.78 is 60.1. The number of nitrogens with zero attached hydrogens (tertiary/aromatic N) is 1. The van der Waals surface area contributed by atoms with Crippen LogP contribution in [0.4, 0.5) is 0 Å². The fourth-order valence-electron chi connectivity index (χ4n) is 5.37. The molecule has 188 valence electrons. The molecule has 0 aromatic heterocycles. The standard InChI is InChI=1S/C25H30NO8P/c1-23(2)28-16-20(30-23)25-22-21(31-24(3,4)32-22)19(29-25)15-26(25)35(27,33-17-11-7-5-8-12-17)34-18-13-9-6-10-14-18/h5-14,19-22H,15-16H2,1-4H3/t19-,20-,21-,22-,25-/m1/s1. The molecule has 0 spiro atoms. The lowest BCUT2D eigenvalue weighted by Gasteiger charge is -2.44. The van der Waals surface area contributed by atoms with Crippen LogP contribution >= 0.6 is 7.75 Å². The Labute approximate surface area is 204 Å². The summed E-state index contributed by atoms with van der Waals surface area (Å²) >= 11 is 0. The fraction of sp³-hybridized carbons (Fsp3) is 0.520. The minimum Gasteiger partial charge on any atom is -0.404 e. The molecule has 0 saturated carbocycles. The lowest BCUT2D eigenvalue weighted by molar-refractivity contribution is -0.242. The topological polar surface area (TPSA) is 84.9 Å². The average molecular weight is 503 g/mol. The Kier molecular flexibility index (Phi) is 5.37. The van der Waals surface area contributed by atoms with Crippen molar-refractivity contribution in [2.24, 2.45) is 0 Å². The molecule has 10 heteroatoms. The van der Waals surface area contributed by atoms with Gasteiger partial charge in [-0.2, -0.15) is 4.67 Å². The van der Waals surface area contributed by atoms with Gasteiger partial charge >= 0.3 is 7.75 Å². The molecule has 4 saturated heterocycles. The van der Waals surface area contributed by atoms with E-state index in [-0.39, 0.29) is 19.3 Å². The van der Waals surface area contributed by atoms with Gasteiger partial charge < -0.3 is 32.7 Å². The highest BCUT2D eigenvalue weighted by molar-refractivity contribution is 7.52.